The number of rotatable bonds is 6. The molecule has 4 rings (SSSR count). The van der Waals surface area contributed by atoms with Gasteiger partial charge >= 0.3 is 6.18 Å². The molecule has 0 spiro atoms. The van der Waals surface area contributed by atoms with E-state index in [1.807, 2.05) is 12.1 Å². The number of amides is 1. The number of halogens is 3. The average Bonchev–Trinajstić information content (AvgIpc) is 2.96. The molecule has 2 unspecified atom stereocenters. The van der Waals surface area contributed by atoms with Crippen LogP contribution < -0.4 is 5.32 Å². The van der Waals surface area contributed by atoms with E-state index >= 15 is 0 Å². The molecule has 2 aromatic carbocycles. The summed E-state index contributed by atoms with van der Waals surface area (Å²) in [5.74, 6) is -1.51. The van der Waals surface area contributed by atoms with Crippen molar-refractivity contribution in [2.75, 3.05) is 31.7 Å². The van der Waals surface area contributed by atoms with Gasteiger partial charge in [-0.15, -0.1) is 0 Å². The molecule has 2 atom stereocenters. The fourth-order valence-electron chi connectivity index (χ4n) is 5.10. The predicted molar refractivity (Wildman–Crippen MR) is 128 cm³/mol. The molecule has 0 bridgehead atoms. The number of alkyl halides is 3. The number of hydrogen-bond acceptors (Lipinski definition) is 4. The van der Waals surface area contributed by atoms with E-state index in [2.05, 4.69) is 31.3 Å². The molecule has 1 fully saturated rings. The zero-order valence-corrected chi connectivity index (χ0v) is 20.9. The standard InChI is InChI=1S/C25H30F3N3O3S/c1-24(2)20-8-6-5-7-17(20)13-21(24)29-19-11-9-16(10-12-19)22(25(26,27)28)30(3)23(32)18-14-31(15-18)35(4,33)34/h5-12,18,21-22,29H,13-15H2,1-4H3. The first-order valence-corrected chi connectivity index (χ1v) is 13.3. The molecule has 1 aliphatic carbocycles. The Morgan fingerprint density at radius 2 is 1.71 bits per heavy atom. The Hall–Kier alpha value is -2.59. The van der Waals surface area contributed by atoms with Crippen LogP contribution in [0.15, 0.2) is 48.5 Å². The molecule has 1 heterocycles. The quantitative estimate of drug-likeness (QED) is 0.640. The fraction of sp³-hybridized carbons (Fsp3) is 0.480. The van der Waals surface area contributed by atoms with Crippen LogP contribution in [0.1, 0.15) is 36.6 Å². The summed E-state index contributed by atoms with van der Waals surface area (Å²) in [6.45, 7) is 4.09. The number of nitrogens with zero attached hydrogens (tertiary/aromatic N) is 2. The van der Waals surface area contributed by atoms with Gasteiger partial charge in [0.25, 0.3) is 0 Å². The molecule has 10 heteroatoms. The lowest BCUT2D eigenvalue weighted by atomic mass is 9.83. The van der Waals surface area contributed by atoms with Crippen molar-refractivity contribution in [2.24, 2.45) is 5.92 Å². The third-order valence-electron chi connectivity index (χ3n) is 7.29. The molecule has 1 amide bonds. The summed E-state index contributed by atoms with van der Waals surface area (Å²) in [5.41, 5.74) is 3.04. The minimum absolute atomic E-state index is 0.0489. The maximum atomic E-state index is 14.0. The molecule has 2 aliphatic rings. The van der Waals surface area contributed by atoms with Gasteiger partial charge in [0.15, 0.2) is 6.04 Å². The van der Waals surface area contributed by atoms with Crippen LogP contribution in [0.5, 0.6) is 0 Å². The third-order valence-corrected chi connectivity index (χ3v) is 8.52. The van der Waals surface area contributed by atoms with E-state index in [9.17, 15) is 26.4 Å². The molecule has 1 aliphatic heterocycles. The second-order valence-electron chi connectivity index (χ2n) is 10.1. The van der Waals surface area contributed by atoms with Crippen LogP contribution in [-0.4, -0.2) is 62.1 Å². The van der Waals surface area contributed by atoms with E-state index in [1.54, 1.807) is 12.1 Å². The van der Waals surface area contributed by atoms with Crippen molar-refractivity contribution in [1.29, 1.82) is 0 Å². The van der Waals surface area contributed by atoms with Crippen LogP contribution in [0.4, 0.5) is 18.9 Å². The molecule has 190 valence electrons. The van der Waals surface area contributed by atoms with Gasteiger partial charge in [-0.2, -0.15) is 13.2 Å². The molecule has 35 heavy (non-hydrogen) atoms. The fourth-order valence-corrected chi connectivity index (χ4v) is 6.00. The second kappa shape index (κ2) is 8.81. The first kappa shape index (κ1) is 25.5. The van der Waals surface area contributed by atoms with Crippen LogP contribution in [0.3, 0.4) is 0 Å². The van der Waals surface area contributed by atoms with Crippen molar-refractivity contribution in [2.45, 2.75) is 43.9 Å². The minimum atomic E-state index is -4.69. The SMILES string of the molecule is CN(C(=O)C1CN(S(C)(=O)=O)C1)C(c1ccc(NC2Cc3ccccc3C2(C)C)cc1)C(F)(F)F. The normalized spacial score (nSPS) is 21.2. The molecular formula is C25H30F3N3O3S. The van der Waals surface area contributed by atoms with E-state index in [-0.39, 0.29) is 30.1 Å². The Morgan fingerprint density at radius 3 is 2.26 bits per heavy atom. The van der Waals surface area contributed by atoms with Gasteiger partial charge in [-0.25, -0.2) is 12.7 Å². The van der Waals surface area contributed by atoms with Gasteiger partial charge in [0, 0.05) is 37.3 Å². The maximum Gasteiger partial charge on any atom is 0.413 e. The number of carbonyl (C=O) groups is 1. The van der Waals surface area contributed by atoms with E-state index < -0.39 is 34.1 Å². The van der Waals surface area contributed by atoms with Gasteiger partial charge in [0.05, 0.1) is 12.2 Å². The summed E-state index contributed by atoms with van der Waals surface area (Å²) in [4.78, 5) is 13.4. The van der Waals surface area contributed by atoms with Gasteiger partial charge < -0.3 is 10.2 Å². The van der Waals surface area contributed by atoms with Crippen LogP contribution in [-0.2, 0) is 26.7 Å². The van der Waals surface area contributed by atoms with Crippen LogP contribution in [0, 0.1) is 5.92 Å². The zero-order chi connectivity index (χ0) is 25.8. The zero-order valence-electron chi connectivity index (χ0n) is 20.1. The number of sulfonamides is 1. The van der Waals surface area contributed by atoms with Gasteiger partial charge in [-0.3, -0.25) is 4.79 Å². The second-order valence-corrected chi connectivity index (χ2v) is 12.1. The van der Waals surface area contributed by atoms with Crippen molar-refractivity contribution in [1.82, 2.24) is 9.21 Å². The summed E-state index contributed by atoms with van der Waals surface area (Å²) in [6, 6.07) is 12.2. The lowest BCUT2D eigenvalue weighted by Gasteiger charge is -2.40. The average molecular weight is 510 g/mol. The van der Waals surface area contributed by atoms with Gasteiger partial charge in [-0.1, -0.05) is 50.2 Å². The smallest absolute Gasteiger partial charge is 0.381 e. The highest BCUT2D eigenvalue weighted by Gasteiger charge is 2.48. The Labute approximate surface area is 204 Å². The Balaban J connectivity index is 1.48. The number of nitrogens with one attached hydrogen (secondary N) is 1. The van der Waals surface area contributed by atoms with Crippen molar-refractivity contribution in [3.8, 4) is 0 Å². The maximum absolute atomic E-state index is 14.0. The van der Waals surface area contributed by atoms with E-state index in [0.29, 0.717) is 10.6 Å². The molecule has 0 aromatic heterocycles. The van der Waals surface area contributed by atoms with E-state index in [0.717, 1.165) is 24.0 Å². The van der Waals surface area contributed by atoms with E-state index in [4.69, 9.17) is 0 Å². The topological polar surface area (TPSA) is 69.7 Å². The Morgan fingerprint density at radius 1 is 1.11 bits per heavy atom. The number of hydrogen-bond donors (Lipinski definition) is 1. The van der Waals surface area contributed by atoms with Gasteiger partial charge in [-0.05, 0) is 35.2 Å². The van der Waals surface area contributed by atoms with E-state index in [1.165, 1.54) is 23.3 Å². The molecular weight excluding hydrogens is 479 g/mol. The Bertz CT molecular complexity index is 1210. The summed E-state index contributed by atoms with van der Waals surface area (Å²) in [5, 5.41) is 3.47. The molecule has 1 saturated heterocycles. The lowest BCUT2D eigenvalue weighted by molar-refractivity contribution is -0.191. The molecule has 0 radical (unpaired) electrons. The molecule has 6 nitrogen and oxygen atoms in total. The number of fused-ring (bicyclic) bond motifs is 1. The lowest BCUT2D eigenvalue weighted by Crippen LogP contribution is -2.56. The summed E-state index contributed by atoms with van der Waals surface area (Å²) < 4.78 is 66.3. The summed E-state index contributed by atoms with van der Waals surface area (Å²) in [6.07, 6.45) is -2.86. The highest BCUT2D eigenvalue weighted by Crippen LogP contribution is 2.41. The monoisotopic (exact) mass is 509 g/mol. The Kier molecular flexibility index (Phi) is 6.42. The summed E-state index contributed by atoms with van der Waals surface area (Å²) in [7, 11) is -2.35. The molecule has 0 saturated carbocycles. The number of carbonyl (C=O) groups excluding carboxylic acids is 1. The highest BCUT2D eigenvalue weighted by atomic mass is 32.2. The van der Waals surface area contributed by atoms with Crippen LogP contribution >= 0.6 is 0 Å². The number of benzene rings is 2. The summed E-state index contributed by atoms with van der Waals surface area (Å²) >= 11 is 0. The van der Waals surface area contributed by atoms with Gasteiger partial charge in [0.1, 0.15) is 0 Å². The largest absolute Gasteiger partial charge is 0.413 e. The molecule has 1 N–H and O–H groups in total. The number of anilines is 1. The van der Waals surface area contributed by atoms with Crippen molar-refractivity contribution in [3.05, 3.63) is 65.2 Å². The first-order chi connectivity index (χ1) is 16.2. The van der Waals surface area contributed by atoms with Crippen LogP contribution in [0.2, 0.25) is 0 Å². The predicted octanol–water partition coefficient (Wildman–Crippen LogP) is 3.95. The minimum Gasteiger partial charge on any atom is -0.381 e. The van der Waals surface area contributed by atoms with Crippen LogP contribution in [0.25, 0.3) is 0 Å². The molecule has 2 aromatic rings. The highest BCUT2D eigenvalue weighted by molar-refractivity contribution is 7.88. The van der Waals surface area contributed by atoms with Gasteiger partial charge in [0.2, 0.25) is 15.9 Å². The van der Waals surface area contributed by atoms with Crippen molar-refractivity contribution >= 4 is 21.6 Å². The third kappa shape index (κ3) is 4.91. The van der Waals surface area contributed by atoms with Crippen molar-refractivity contribution < 1.29 is 26.4 Å². The van der Waals surface area contributed by atoms with Crippen molar-refractivity contribution in [3.63, 3.8) is 0 Å². The first-order valence-electron chi connectivity index (χ1n) is 11.4.